The molecule has 164 valence electrons. The van der Waals surface area contributed by atoms with Crippen molar-refractivity contribution >= 4 is 11.9 Å². The van der Waals surface area contributed by atoms with Crippen LogP contribution in [0.2, 0.25) is 0 Å². The first-order valence-corrected chi connectivity index (χ1v) is 10.6. The van der Waals surface area contributed by atoms with Gasteiger partial charge in [0.15, 0.2) is 0 Å². The van der Waals surface area contributed by atoms with Gasteiger partial charge in [-0.05, 0) is 92.0 Å². The normalized spacial score (nSPS) is 32.6. The Kier molecular flexibility index (Phi) is 5.14. The fourth-order valence-electron chi connectivity index (χ4n) is 6.51. The van der Waals surface area contributed by atoms with Gasteiger partial charge in [0.1, 0.15) is 11.9 Å². The fourth-order valence-corrected chi connectivity index (χ4v) is 6.51. The van der Waals surface area contributed by atoms with Gasteiger partial charge in [-0.2, -0.15) is 13.2 Å². The van der Waals surface area contributed by atoms with Crippen molar-refractivity contribution in [3.8, 4) is 5.75 Å². The Bertz CT molecular complexity index is 878. The van der Waals surface area contributed by atoms with E-state index in [-0.39, 0.29) is 23.2 Å². The first kappa shape index (κ1) is 21.2. The van der Waals surface area contributed by atoms with Crippen LogP contribution in [-0.4, -0.2) is 24.2 Å². The lowest BCUT2D eigenvalue weighted by molar-refractivity contribution is -0.189. The van der Waals surface area contributed by atoms with E-state index in [9.17, 15) is 22.8 Å². The van der Waals surface area contributed by atoms with Gasteiger partial charge in [0.05, 0.1) is 0 Å². The van der Waals surface area contributed by atoms with E-state index in [2.05, 4.69) is 11.7 Å². The van der Waals surface area contributed by atoms with Gasteiger partial charge in [0, 0.05) is 12.3 Å². The summed E-state index contributed by atoms with van der Waals surface area (Å²) in [5.74, 6) is -1.17. The van der Waals surface area contributed by atoms with Crippen LogP contribution < -0.4 is 4.74 Å². The number of hydrogen-bond acceptors (Lipinski definition) is 4. The molecule has 4 rings (SSSR count). The monoisotopic (exact) mass is 424 g/mol. The smallest absolute Gasteiger partial charge is 0.462 e. The van der Waals surface area contributed by atoms with E-state index in [1.165, 1.54) is 12.5 Å². The second-order valence-corrected chi connectivity index (χ2v) is 9.34. The number of rotatable bonds is 2. The molecule has 0 bridgehead atoms. The highest BCUT2D eigenvalue weighted by molar-refractivity contribution is 5.78. The summed E-state index contributed by atoms with van der Waals surface area (Å²) in [6.45, 7) is 5.60. The number of ether oxygens (including phenoxy) is 2. The molecule has 0 aliphatic heterocycles. The van der Waals surface area contributed by atoms with Crippen molar-refractivity contribution < 1.29 is 32.2 Å². The number of fused-ring (bicyclic) bond motifs is 5. The molecule has 0 heterocycles. The van der Waals surface area contributed by atoms with Crippen LogP contribution >= 0.6 is 0 Å². The van der Waals surface area contributed by atoms with Crippen molar-refractivity contribution in [3.05, 3.63) is 28.8 Å². The highest BCUT2D eigenvalue weighted by atomic mass is 19.4. The Balaban J connectivity index is 1.59. The van der Waals surface area contributed by atoms with Gasteiger partial charge in [-0.3, -0.25) is 4.79 Å². The average molecular weight is 424 g/mol. The standard InChI is InChI=1S/C23H27F3O4/c1-12-10-15(30-21(28)23(24,25)26)11-14-4-5-16-17(20(12)14)8-9-22(3)18(16)6-7-19(22)29-13(2)27/h10-11,16-19H,4-9H2,1-3H3. The van der Waals surface area contributed by atoms with Crippen LogP contribution in [0.1, 0.15) is 68.6 Å². The van der Waals surface area contributed by atoms with Crippen LogP contribution in [0.25, 0.3) is 0 Å². The minimum absolute atomic E-state index is 0.0135. The first-order chi connectivity index (χ1) is 14.0. The van der Waals surface area contributed by atoms with Crippen LogP contribution in [0.4, 0.5) is 13.2 Å². The number of halogens is 3. The topological polar surface area (TPSA) is 52.6 Å². The van der Waals surface area contributed by atoms with Crippen molar-refractivity contribution in [2.24, 2.45) is 17.3 Å². The molecular weight excluding hydrogens is 397 g/mol. The third kappa shape index (κ3) is 3.50. The first-order valence-electron chi connectivity index (χ1n) is 10.6. The summed E-state index contributed by atoms with van der Waals surface area (Å²) >= 11 is 0. The minimum Gasteiger partial charge on any atom is -0.462 e. The molecule has 4 nitrogen and oxygen atoms in total. The number of hydrogen-bond donors (Lipinski definition) is 0. The summed E-state index contributed by atoms with van der Waals surface area (Å²) in [6, 6.07) is 3.15. The van der Waals surface area contributed by atoms with Crippen LogP contribution in [0.3, 0.4) is 0 Å². The van der Waals surface area contributed by atoms with Crippen LogP contribution in [0, 0.1) is 24.2 Å². The van der Waals surface area contributed by atoms with Gasteiger partial charge in [-0.1, -0.05) is 6.92 Å². The van der Waals surface area contributed by atoms with E-state index in [0.29, 0.717) is 17.8 Å². The molecule has 0 aromatic heterocycles. The van der Waals surface area contributed by atoms with E-state index >= 15 is 0 Å². The van der Waals surface area contributed by atoms with E-state index in [0.717, 1.165) is 49.7 Å². The number of aryl methyl sites for hydroxylation is 2. The van der Waals surface area contributed by atoms with Crippen LogP contribution in [0.15, 0.2) is 12.1 Å². The van der Waals surface area contributed by atoms with Gasteiger partial charge in [-0.15, -0.1) is 0 Å². The highest BCUT2D eigenvalue weighted by Crippen LogP contribution is 2.62. The molecule has 2 saturated carbocycles. The molecule has 0 spiro atoms. The van der Waals surface area contributed by atoms with Gasteiger partial charge in [0.2, 0.25) is 0 Å². The average Bonchev–Trinajstić information content (AvgIpc) is 2.96. The van der Waals surface area contributed by atoms with E-state index in [4.69, 9.17) is 4.74 Å². The number of alkyl halides is 3. The van der Waals surface area contributed by atoms with Gasteiger partial charge < -0.3 is 9.47 Å². The zero-order valence-corrected chi connectivity index (χ0v) is 17.5. The lowest BCUT2D eigenvalue weighted by Crippen LogP contribution is -2.45. The van der Waals surface area contributed by atoms with Crippen molar-refractivity contribution in [1.29, 1.82) is 0 Å². The molecule has 7 heteroatoms. The molecule has 1 aromatic carbocycles. The Morgan fingerprint density at radius 3 is 2.53 bits per heavy atom. The number of esters is 2. The third-order valence-corrected chi connectivity index (χ3v) is 7.66. The predicted molar refractivity (Wildman–Crippen MR) is 103 cm³/mol. The van der Waals surface area contributed by atoms with Gasteiger partial charge in [-0.25, -0.2) is 4.79 Å². The SMILES string of the molecule is CC(=O)OC1CCC2C3CCc4cc(OC(=O)C(F)(F)F)cc(C)c4C3CCC12C. The summed E-state index contributed by atoms with van der Waals surface area (Å²) in [4.78, 5) is 22.8. The lowest BCUT2D eigenvalue weighted by Gasteiger charge is -2.50. The quantitative estimate of drug-likeness (QED) is 0.481. The Hall–Kier alpha value is -2.05. The summed E-state index contributed by atoms with van der Waals surface area (Å²) in [6.07, 6.45) is 0.496. The van der Waals surface area contributed by atoms with Crippen molar-refractivity contribution in [3.63, 3.8) is 0 Å². The molecule has 0 N–H and O–H groups in total. The molecule has 5 atom stereocenters. The summed E-state index contributed by atoms with van der Waals surface area (Å²) in [5.41, 5.74) is 3.06. The minimum atomic E-state index is -5.01. The largest absolute Gasteiger partial charge is 0.491 e. The maximum Gasteiger partial charge on any atom is 0.491 e. The lowest BCUT2D eigenvalue weighted by atomic mass is 9.55. The zero-order valence-electron chi connectivity index (χ0n) is 17.5. The molecular formula is C23H27F3O4. The number of carbonyl (C=O) groups excluding carboxylic acids is 2. The number of carbonyl (C=O) groups is 2. The Morgan fingerprint density at radius 2 is 1.87 bits per heavy atom. The maximum absolute atomic E-state index is 12.6. The van der Waals surface area contributed by atoms with Gasteiger partial charge >= 0.3 is 18.1 Å². The highest BCUT2D eigenvalue weighted by Gasteiger charge is 2.56. The molecule has 3 aliphatic carbocycles. The van der Waals surface area contributed by atoms with E-state index < -0.39 is 12.1 Å². The van der Waals surface area contributed by atoms with Crippen LogP contribution in [0.5, 0.6) is 5.75 Å². The maximum atomic E-state index is 12.6. The summed E-state index contributed by atoms with van der Waals surface area (Å²) in [7, 11) is 0. The molecule has 1 aromatic rings. The fraction of sp³-hybridized carbons (Fsp3) is 0.652. The summed E-state index contributed by atoms with van der Waals surface area (Å²) in [5, 5.41) is 0. The van der Waals surface area contributed by atoms with Crippen LogP contribution in [-0.2, 0) is 20.7 Å². The van der Waals surface area contributed by atoms with Crippen molar-refractivity contribution in [2.75, 3.05) is 0 Å². The molecule has 0 saturated heterocycles. The molecule has 30 heavy (non-hydrogen) atoms. The second-order valence-electron chi connectivity index (χ2n) is 9.34. The van der Waals surface area contributed by atoms with Crippen molar-refractivity contribution in [2.45, 2.75) is 77.5 Å². The predicted octanol–water partition coefficient (Wildman–Crippen LogP) is 5.25. The molecule has 0 radical (unpaired) electrons. The second kappa shape index (κ2) is 7.27. The van der Waals surface area contributed by atoms with Gasteiger partial charge in [0.25, 0.3) is 0 Å². The zero-order chi connectivity index (χ0) is 21.8. The molecule has 0 amide bonds. The molecule has 2 fully saturated rings. The number of benzene rings is 1. The van der Waals surface area contributed by atoms with E-state index in [1.807, 2.05) is 6.92 Å². The third-order valence-electron chi connectivity index (χ3n) is 7.66. The van der Waals surface area contributed by atoms with Crippen molar-refractivity contribution in [1.82, 2.24) is 0 Å². The molecule has 3 aliphatic rings. The Morgan fingerprint density at radius 1 is 1.13 bits per heavy atom. The molecule has 5 unspecified atom stereocenters. The summed E-state index contributed by atoms with van der Waals surface area (Å²) < 4.78 is 47.9. The Labute approximate surface area is 174 Å². The van der Waals surface area contributed by atoms with E-state index in [1.54, 1.807) is 12.1 Å².